The number of nitrogens with one attached hydrogen (secondary N) is 1. The number of halogens is 1. The largest absolute Gasteiger partial charge is 0.341 e. The Kier molecular flexibility index (Phi) is 3.97. The SMILES string of the molecule is O=C(Nc1ccc2c3c(cccc13)CC2)c1nc(N2CCCC2)ncc1Cl. The van der Waals surface area contributed by atoms with Gasteiger partial charge in [0.15, 0.2) is 5.69 Å². The first-order valence-corrected chi connectivity index (χ1v) is 9.71. The zero-order valence-electron chi connectivity index (χ0n) is 14.8. The van der Waals surface area contributed by atoms with Crippen LogP contribution in [0.1, 0.15) is 34.5 Å². The Morgan fingerprint density at radius 2 is 1.85 bits per heavy atom. The van der Waals surface area contributed by atoms with Crippen molar-refractivity contribution < 1.29 is 4.79 Å². The molecule has 0 atom stereocenters. The fraction of sp³-hybridized carbons (Fsp3) is 0.286. The second-order valence-electron chi connectivity index (χ2n) is 7.13. The zero-order valence-corrected chi connectivity index (χ0v) is 15.6. The summed E-state index contributed by atoms with van der Waals surface area (Å²) in [6.45, 7) is 1.83. The number of amides is 1. The average Bonchev–Trinajstić information content (AvgIpc) is 3.35. The number of benzene rings is 2. The van der Waals surface area contributed by atoms with Crippen molar-refractivity contribution in [1.82, 2.24) is 9.97 Å². The molecule has 0 spiro atoms. The number of aryl methyl sites for hydroxylation is 2. The molecule has 27 heavy (non-hydrogen) atoms. The van der Waals surface area contributed by atoms with E-state index in [2.05, 4.69) is 38.4 Å². The van der Waals surface area contributed by atoms with E-state index in [-0.39, 0.29) is 16.6 Å². The lowest BCUT2D eigenvalue weighted by atomic mass is 10.0. The summed E-state index contributed by atoms with van der Waals surface area (Å²) < 4.78 is 0. The summed E-state index contributed by atoms with van der Waals surface area (Å²) in [6.07, 6.45) is 5.87. The summed E-state index contributed by atoms with van der Waals surface area (Å²) in [7, 11) is 0. The number of hydrogen-bond acceptors (Lipinski definition) is 4. The molecule has 0 saturated carbocycles. The van der Waals surface area contributed by atoms with Gasteiger partial charge < -0.3 is 10.2 Å². The third-order valence-electron chi connectivity index (χ3n) is 5.46. The van der Waals surface area contributed by atoms with Gasteiger partial charge in [-0.25, -0.2) is 9.97 Å². The second kappa shape index (κ2) is 6.50. The molecule has 1 N–H and O–H groups in total. The maximum Gasteiger partial charge on any atom is 0.276 e. The quantitative estimate of drug-likeness (QED) is 0.740. The number of nitrogens with zero attached hydrogens (tertiary/aromatic N) is 3. The summed E-state index contributed by atoms with van der Waals surface area (Å²) in [5.74, 6) is 0.268. The first-order chi connectivity index (χ1) is 13.2. The fourth-order valence-corrected chi connectivity index (χ4v) is 4.30. The van der Waals surface area contributed by atoms with Crippen LogP contribution in [-0.4, -0.2) is 29.0 Å². The van der Waals surface area contributed by atoms with Gasteiger partial charge in [0.1, 0.15) is 0 Å². The van der Waals surface area contributed by atoms with Crippen LogP contribution in [0.2, 0.25) is 5.02 Å². The van der Waals surface area contributed by atoms with E-state index in [1.807, 2.05) is 12.1 Å². The highest BCUT2D eigenvalue weighted by molar-refractivity contribution is 6.34. The summed E-state index contributed by atoms with van der Waals surface area (Å²) in [5.41, 5.74) is 3.70. The van der Waals surface area contributed by atoms with Crippen molar-refractivity contribution in [3.8, 4) is 0 Å². The molecule has 1 aliphatic carbocycles. The van der Waals surface area contributed by atoms with Gasteiger partial charge in [0.2, 0.25) is 5.95 Å². The predicted molar refractivity (Wildman–Crippen MR) is 108 cm³/mol. The van der Waals surface area contributed by atoms with E-state index in [0.29, 0.717) is 5.95 Å². The normalized spacial score (nSPS) is 15.5. The van der Waals surface area contributed by atoms with Crippen LogP contribution in [-0.2, 0) is 12.8 Å². The van der Waals surface area contributed by atoms with Gasteiger partial charge in [0.25, 0.3) is 5.91 Å². The summed E-state index contributed by atoms with van der Waals surface area (Å²) >= 11 is 6.24. The number of anilines is 2. The van der Waals surface area contributed by atoms with Crippen LogP contribution in [0.25, 0.3) is 10.8 Å². The summed E-state index contributed by atoms with van der Waals surface area (Å²) in [4.78, 5) is 23.8. The Morgan fingerprint density at radius 3 is 2.67 bits per heavy atom. The van der Waals surface area contributed by atoms with Gasteiger partial charge >= 0.3 is 0 Å². The van der Waals surface area contributed by atoms with Gasteiger partial charge in [-0.15, -0.1) is 0 Å². The lowest BCUT2D eigenvalue weighted by Crippen LogP contribution is -2.23. The van der Waals surface area contributed by atoms with Gasteiger partial charge in [-0.1, -0.05) is 35.9 Å². The maximum atomic E-state index is 12.9. The van der Waals surface area contributed by atoms with Crippen molar-refractivity contribution in [2.75, 3.05) is 23.3 Å². The van der Waals surface area contributed by atoms with Gasteiger partial charge in [0.05, 0.1) is 11.2 Å². The molecule has 3 aromatic rings. The average molecular weight is 379 g/mol. The molecule has 136 valence electrons. The van der Waals surface area contributed by atoms with E-state index >= 15 is 0 Å². The highest BCUT2D eigenvalue weighted by Gasteiger charge is 2.21. The molecule has 1 amide bonds. The number of hydrogen-bond donors (Lipinski definition) is 1. The molecular formula is C21H19ClN4O. The van der Waals surface area contributed by atoms with Crippen molar-refractivity contribution in [2.24, 2.45) is 0 Å². The Labute approximate surface area is 162 Å². The van der Waals surface area contributed by atoms with Crippen LogP contribution < -0.4 is 10.2 Å². The third-order valence-corrected chi connectivity index (χ3v) is 5.74. The standard InChI is InChI=1S/C21H19ClN4O/c22-16-12-23-21(26-10-1-2-11-26)25-19(16)20(27)24-17-9-8-14-7-6-13-4-3-5-15(17)18(13)14/h3-5,8-9,12H,1-2,6-7,10-11H2,(H,24,27). The Morgan fingerprint density at radius 1 is 1.07 bits per heavy atom. The topological polar surface area (TPSA) is 58.1 Å². The number of carbonyl (C=O) groups excluding carboxylic acids is 1. The Hall–Kier alpha value is -2.66. The molecule has 0 unspecified atom stereocenters. The van der Waals surface area contributed by atoms with Crippen LogP contribution in [0.15, 0.2) is 36.5 Å². The molecule has 5 rings (SSSR count). The van der Waals surface area contributed by atoms with Crippen molar-refractivity contribution in [3.05, 3.63) is 58.4 Å². The molecule has 0 bridgehead atoms. The van der Waals surface area contributed by atoms with Gasteiger partial charge in [-0.3, -0.25) is 4.79 Å². The Balaban J connectivity index is 1.49. The van der Waals surface area contributed by atoms with Crippen LogP contribution in [0, 0.1) is 0 Å². The van der Waals surface area contributed by atoms with Crippen molar-refractivity contribution in [2.45, 2.75) is 25.7 Å². The molecule has 0 radical (unpaired) electrons. The molecule has 1 fully saturated rings. The predicted octanol–water partition coefficient (Wildman–Crippen LogP) is 4.23. The van der Waals surface area contributed by atoms with Gasteiger partial charge in [-0.05, 0) is 48.3 Å². The van der Waals surface area contributed by atoms with Crippen molar-refractivity contribution in [3.63, 3.8) is 0 Å². The molecular weight excluding hydrogens is 360 g/mol. The molecule has 1 saturated heterocycles. The lowest BCUT2D eigenvalue weighted by Gasteiger charge is -2.16. The third kappa shape index (κ3) is 2.82. The van der Waals surface area contributed by atoms with E-state index in [4.69, 9.17) is 11.6 Å². The Bertz CT molecular complexity index is 1050. The molecule has 2 aromatic carbocycles. The van der Waals surface area contributed by atoms with E-state index in [9.17, 15) is 4.79 Å². The van der Waals surface area contributed by atoms with E-state index in [0.717, 1.165) is 49.8 Å². The lowest BCUT2D eigenvalue weighted by molar-refractivity contribution is 0.102. The van der Waals surface area contributed by atoms with Crippen molar-refractivity contribution in [1.29, 1.82) is 0 Å². The minimum atomic E-state index is -0.304. The molecule has 2 aliphatic rings. The first kappa shape index (κ1) is 16.5. The first-order valence-electron chi connectivity index (χ1n) is 9.33. The molecule has 1 aliphatic heterocycles. The van der Waals surface area contributed by atoms with Crippen LogP contribution >= 0.6 is 11.6 Å². The minimum Gasteiger partial charge on any atom is -0.341 e. The van der Waals surface area contributed by atoms with Crippen LogP contribution in [0.4, 0.5) is 11.6 Å². The maximum absolute atomic E-state index is 12.9. The van der Waals surface area contributed by atoms with Gasteiger partial charge in [0, 0.05) is 24.2 Å². The van der Waals surface area contributed by atoms with E-state index in [1.54, 1.807) is 0 Å². The molecule has 2 heterocycles. The monoisotopic (exact) mass is 378 g/mol. The van der Waals surface area contributed by atoms with Crippen LogP contribution in [0.5, 0.6) is 0 Å². The number of carbonyl (C=O) groups is 1. The zero-order chi connectivity index (χ0) is 18.4. The fourth-order valence-electron chi connectivity index (χ4n) is 4.12. The molecule has 5 nitrogen and oxygen atoms in total. The summed E-state index contributed by atoms with van der Waals surface area (Å²) in [5, 5.41) is 5.61. The number of aromatic nitrogens is 2. The highest BCUT2D eigenvalue weighted by atomic mass is 35.5. The molecule has 1 aromatic heterocycles. The van der Waals surface area contributed by atoms with Crippen LogP contribution in [0.3, 0.4) is 0 Å². The minimum absolute atomic E-state index is 0.219. The molecule has 6 heteroatoms. The summed E-state index contributed by atoms with van der Waals surface area (Å²) in [6, 6.07) is 10.3. The number of rotatable bonds is 3. The van der Waals surface area contributed by atoms with E-state index < -0.39 is 0 Å². The van der Waals surface area contributed by atoms with Crippen molar-refractivity contribution >= 4 is 39.9 Å². The van der Waals surface area contributed by atoms with Gasteiger partial charge in [-0.2, -0.15) is 0 Å². The van der Waals surface area contributed by atoms with E-state index in [1.165, 1.54) is 22.7 Å². The second-order valence-corrected chi connectivity index (χ2v) is 7.53. The smallest absolute Gasteiger partial charge is 0.276 e. The highest BCUT2D eigenvalue weighted by Crippen LogP contribution is 2.35.